The minimum Gasteiger partial charge on any atom is -0.494 e. The first kappa shape index (κ1) is 23.1. The van der Waals surface area contributed by atoms with Crippen molar-refractivity contribution in [3.05, 3.63) is 77.7 Å². The van der Waals surface area contributed by atoms with Crippen molar-refractivity contribution in [2.24, 2.45) is 0 Å². The topological polar surface area (TPSA) is 55.6 Å². The summed E-state index contributed by atoms with van der Waals surface area (Å²) in [5.41, 5.74) is 2.73. The number of rotatable bonds is 10. The molecule has 0 aliphatic carbocycles. The summed E-state index contributed by atoms with van der Waals surface area (Å²) >= 11 is 1.53. The largest absolute Gasteiger partial charge is 0.494 e. The maximum Gasteiger partial charge on any atom is 0.260 e. The smallest absolute Gasteiger partial charge is 0.260 e. The third-order valence-corrected chi connectivity index (χ3v) is 6.59. The molecule has 4 rings (SSSR count). The molecular formula is C27H30N2O3S. The first-order valence-electron chi connectivity index (χ1n) is 11.5. The number of anilines is 1. The molecule has 0 saturated heterocycles. The van der Waals surface area contributed by atoms with Crippen LogP contribution in [0.1, 0.15) is 67.6 Å². The average molecular weight is 463 g/mol. The number of carbonyl (C=O) groups is 1. The molecule has 172 valence electrons. The van der Waals surface area contributed by atoms with Crippen LogP contribution in [-0.2, 0) is 6.54 Å². The molecule has 5 nitrogen and oxygen atoms in total. The van der Waals surface area contributed by atoms with Gasteiger partial charge in [0.15, 0.2) is 5.13 Å². The van der Waals surface area contributed by atoms with Crippen molar-refractivity contribution in [3.63, 3.8) is 0 Å². The maximum atomic E-state index is 13.6. The highest BCUT2D eigenvalue weighted by molar-refractivity contribution is 7.22. The number of thiazole rings is 1. The zero-order valence-corrected chi connectivity index (χ0v) is 20.2. The molecule has 2 aromatic carbocycles. The van der Waals surface area contributed by atoms with E-state index in [1.807, 2.05) is 36.4 Å². The molecule has 0 spiro atoms. The number of para-hydroxylation sites is 1. The summed E-state index contributed by atoms with van der Waals surface area (Å²) in [6, 6.07) is 17.3. The Balaban J connectivity index is 1.62. The van der Waals surface area contributed by atoms with E-state index in [0.29, 0.717) is 35.5 Å². The van der Waals surface area contributed by atoms with E-state index in [4.69, 9.17) is 14.1 Å². The number of ether oxygens (including phenoxy) is 1. The standard InChI is InChI=1S/C27H30N2O3S/c1-4-5-6-16-31-21-14-12-20(13-15-21)26(30)29(18-22-9-8-17-32-22)27-28-25-23(19(2)3)10-7-11-24(25)33-27/h7-15,17,19H,4-6,16,18H2,1-3H3. The number of nitrogens with zero attached hydrogens (tertiary/aromatic N) is 2. The number of unbranched alkanes of at least 4 members (excludes halogenated alkanes) is 2. The number of furan rings is 1. The van der Waals surface area contributed by atoms with Crippen molar-refractivity contribution in [3.8, 4) is 5.75 Å². The molecule has 0 atom stereocenters. The molecule has 0 aliphatic heterocycles. The molecule has 0 fully saturated rings. The molecule has 0 saturated carbocycles. The zero-order valence-electron chi connectivity index (χ0n) is 19.4. The number of benzene rings is 2. The van der Waals surface area contributed by atoms with Crippen LogP contribution in [0.15, 0.2) is 65.3 Å². The average Bonchev–Trinajstić information content (AvgIpc) is 3.49. The first-order valence-corrected chi connectivity index (χ1v) is 12.3. The van der Waals surface area contributed by atoms with Crippen LogP contribution < -0.4 is 9.64 Å². The summed E-state index contributed by atoms with van der Waals surface area (Å²) in [6.45, 7) is 7.49. The Labute approximate surface area is 199 Å². The normalized spacial score (nSPS) is 11.3. The number of carbonyl (C=O) groups excluding carboxylic acids is 1. The van der Waals surface area contributed by atoms with Crippen molar-refractivity contribution >= 4 is 32.6 Å². The number of hydrogen-bond acceptors (Lipinski definition) is 5. The summed E-state index contributed by atoms with van der Waals surface area (Å²) < 4.78 is 12.4. The van der Waals surface area contributed by atoms with E-state index in [2.05, 4.69) is 39.0 Å². The lowest BCUT2D eigenvalue weighted by Crippen LogP contribution is -2.30. The minimum atomic E-state index is -0.117. The number of amides is 1. The van der Waals surface area contributed by atoms with Gasteiger partial charge in [-0.3, -0.25) is 9.69 Å². The number of aromatic nitrogens is 1. The SMILES string of the molecule is CCCCCOc1ccc(C(=O)N(Cc2ccco2)c2nc3c(C(C)C)cccc3s2)cc1. The van der Waals surface area contributed by atoms with E-state index < -0.39 is 0 Å². The van der Waals surface area contributed by atoms with E-state index in [1.54, 1.807) is 11.2 Å². The van der Waals surface area contributed by atoms with Gasteiger partial charge in [-0.25, -0.2) is 4.98 Å². The van der Waals surface area contributed by atoms with Gasteiger partial charge in [0.05, 0.1) is 29.6 Å². The second-order valence-electron chi connectivity index (χ2n) is 8.40. The van der Waals surface area contributed by atoms with Gasteiger partial charge in [-0.05, 0) is 60.4 Å². The molecule has 4 aromatic rings. The highest BCUT2D eigenvalue weighted by Crippen LogP contribution is 2.35. The summed E-state index contributed by atoms with van der Waals surface area (Å²) in [5.74, 6) is 1.72. The highest BCUT2D eigenvalue weighted by Gasteiger charge is 2.23. The molecule has 1 amide bonds. The Kier molecular flexibility index (Phi) is 7.45. The predicted molar refractivity (Wildman–Crippen MR) is 134 cm³/mol. The summed E-state index contributed by atoms with van der Waals surface area (Å²) in [4.78, 5) is 20.2. The lowest BCUT2D eigenvalue weighted by molar-refractivity contribution is 0.0983. The predicted octanol–water partition coefficient (Wildman–Crippen LogP) is 7.43. The Hall–Kier alpha value is -3.12. The quantitative estimate of drug-likeness (QED) is 0.230. The molecule has 0 N–H and O–H groups in total. The second kappa shape index (κ2) is 10.7. The summed E-state index contributed by atoms with van der Waals surface area (Å²) in [5, 5.41) is 0.666. The van der Waals surface area contributed by atoms with Crippen molar-refractivity contribution in [2.45, 2.75) is 52.5 Å². The minimum absolute atomic E-state index is 0.117. The molecule has 0 aliphatic rings. The molecular weight excluding hydrogens is 432 g/mol. The molecule has 0 bridgehead atoms. The molecule has 33 heavy (non-hydrogen) atoms. The molecule has 0 radical (unpaired) electrons. The number of hydrogen-bond donors (Lipinski definition) is 0. The Morgan fingerprint density at radius 2 is 1.91 bits per heavy atom. The summed E-state index contributed by atoms with van der Waals surface area (Å²) in [6.07, 6.45) is 4.97. The fourth-order valence-electron chi connectivity index (χ4n) is 3.72. The van der Waals surface area contributed by atoms with E-state index in [-0.39, 0.29) is 5.91 Å². The fraction of sp³-hybridized carbons (Fsp3) is 0.333. The van der Waals surface area contributed by atoms with E-state index >= 15 is 0 Å². The number of fused-ring (bicyclic) bond motifs is 1. The van der Waals surface area contributed by atoms with Crippen molar-refractivity contribution < 1.29 is 13.9 Å². The first-order chi connectivity index (χ1) is 16.1. The van der Waals surface area contributed by atoms with Crippen LogP contribution in [0.4, 0.5) is 5.13 Å². The molecule has 6 heteroatoms. The Bertz CT molecular complexity index is 1180. The van der Waals surface area contributed by atoms with Gasteiger partial charge < -0.3 is 9.15 Å². The van der Waals surface area contributed by atoms with Crippen LogP contribution in [0.5, 0.6) is 5.75 Å². The van der Waals surface area contributed by atoms with E-state index in [0.717, 1.165) is 35.2 Å². The van der Waals surface area contributed by atoms with Gasteiger partial charge in [0, 0.05) is 5.56 Å². The van der Waals surface area contributed by atoms with Gasteiger partial charge in [0.2, 0.25) is 0 Å². The molecule has 2 heterocycles. The van der Waals surface area contributed by atoms with Crippen LogP contribution in [0.25, 0.3) is 10.2 Å². The van der Waals surface area contributed by atoms with Crippen LogP contribution in [-0.4, -0.2) is 17.5 Å². The summed E-state index contributed by atoms with van der Waals surface area (Å²) in [7, 11) is 0. The fourth-order valence-corrected chi connectivity index (χ4v) is 4.71. The maximum absolute atomic E-state index is 13.6. The van der Waals surface area contributed by atoms with Gasteiger partial charge in [0.25, 0.3) is 5.91 Å². The van der Waals surface area contributed by atoms with Crippen LogP contribution >= 0.6 is 11.3 Å². The molecule has 0 unspecified atom stereocenters. The Morgan fingerprint density at radius 1 is 1.09 bits per heavy atom. The lowest BCUT2D eigenvalue weighted by atomic mass is 10.0. The molecule has 2 aromatic heterocycles. The lowest BCUT2D eigenvalue weighted by Gasteiger charge is -2.19. The van der Waals surface area contributed by atoms with Gasteiger partial charge in [-0.2, -0.15) is 0 Å². The van der Waals surface area contributed by atoms with E-state index in [9.17, 15) is 4.79 Å². The van der Waals surface area contributed by atoms with E-state index in [1.165, 1.54) is 16.9 Å². The monoisotopic (exact) mass is 462 g/mol. The van der Waals surface area contributed by atoms with Gasteiger partial charge in [-0.15, -0.1) is 0 Å². The van der Waals surface area contributed by atoms with Gasteiger partial charge >= 0.3 is 0 Å². The van der Waals surface area contributed by atoms with Gasteiger partial charge in [-0.1, -0.05) is 57.1 Å². The third-order valence-electron chi connectivity index (χ3n) is 5.55. The third kappa shape index (κ3) is 5.45. The van der Waals surface area contributed by atoms with Gasteiger partial charge in [0.1, 0.15) is 11.5 Å². The zero-order chi connectivity index (χ0) is 23.2. The highest BCUT2D eigenvalue weighted by atomic mass is 32.1. The van der Waals surface area contributed by atoms with Crippen LogP contribution in [0.3, 0.4) is 0 Å². The second-order valence-corrected chi connectivity index (χ2v) is 9.40. The van der Waals surface area contributed by atoms with Crippen LogP contribution in [0, 0.1) is 0 Å². The van der Waals surface area contributed by atoms with Crippen molar-refractivity contribution in [1.29, 1.82) is 0 Å². The van der Waals surface area contributed by atoms with Crippen LogP contribution in [0.2, 0.25) is 0 Å². The Morgan fingerprint density at radius 3 is 2.61 bits per heavy atom. The van der Waals surface area contributed by atoms with Crippen molar-refractivity contribution in [2.75, 3.05) is 11.5 Å². The van der Waals surface area contributed by atoms with Crippen molar-refractivity contribution in [1.82, 2.24) is 4.98 Å².